The van der Waals surface area contributed by atoms with Crippen LogP contribution in [0.25, 0.3) is 0 Å². The van der Waals surface area contributed by atoms with Crippen LogP contribution in [0.3, 0.4) is 0 Å². The molecule has 21 heavy (non-hydrogen) atoms. The molecule has 1 aliphatic heterocycles. The minimum atomic E-state index is -1.15. The number of hydrogen-bond acceptors (Lipinski definition) is 4. The second kappa shape index (κ2) is 5.27. The normalized spacial score (nSPS) is 18.0. The van der Waals surface area contributed by atoms with E-state index in [0.717, 1.165) is 0 Å². The number of fused-ring (bicyclic) bond motifs is 1. The van der Waals surface area contributed by atoms with Gasteiger partial charge in [-0.1, -0.05) is 12.1 Å². The van der Waals surface area contributed by atoms with E-state index in [-0.39, 0.29) is 12.3 Å². The minimum absolute atomic E-state index is 0.0580. The maximum absolute atomic E-state index is 12.2. The fourth-order valence-corrected chi connectivity index (χ4v) is 2.43. The zero-order valence-corrected chi connectivity index (χ0v) is 12.3. The van der Waals surface area contributed by atoms with Gasteiger partial charge in [0.2, 0.25) is 0 Å². The van der Waals surface area contributed by atoms with Crippen LogP contribution in [0.4, 0.5) is 4.79 Å². The van der Waals surface area contributed by atoms with Crippen LogP contribution in [0.15, 0.2) is 18.2 Å². The Labute approximate surface area is 122 Å². The highest BCUT2D eigenvalue weighted by Crippen LogP contribution is 2.35. The van der Waals surface area contributed by atoms with Crippen molar-refractivity contribution in [1.82, 2.24) is 4.90 Å². The van der Waals surface area contributed by atoms with Gasteiger partial charge in [-0.2, -0.15) is 0 Å². The van der Waals surface area contributed by atoms with Gasteiger partial charge in [-0.05, 0) is 38.8 Å². The van der Waals surface area contributed by atoms with Crippen LogP contribution in [0.5, 0.6) is 5.75 Å². The smallest absolute Gasteiger partial charge is 0.411 e. The monoisotopic (exact) mass is 293 g/mol. The summed E-state index contributed by atoms with van der Waals surface area (Å²) in [6.45, 7) is 5.37. The molecule has 1 amide bonds. The summed E-state index contributed by atoms with van der Waals surface area (Å²) in [5.74, 6) is -1.09. The molecule has 0 saturated carbocycles. The van der Waals surface area contributed by atoms with Crippen LogP contribution in [-0.2, 0) is 16.0 Å². The van der Waals surface area contributed by atoms with Crippen LogP contribution in [0.2, 0.25) is 0 Å². The maximum atomic E-state index is 12.2. The molecule has 2 N–H and O–H groups in total. The first kappa shape index (κ1) is 15.2. The first-order valence-corrected chi connectivity index (χ1v) is 6.74. The Hall–Kier alpha value is -2.24. The third-order valence-corrected chi connectivity index (χ3v) is 3.26. The molecule has 1 aromatic carbocycles. The molecule has 0 aromatic heterocycles. The van der Waals surface area contributed by atoms with Crippen LogP contribution < -0.4 is 0 Å². The number of nitrogens with zero attached hydrogens (tertiary/aromatic N) is 1. The molecular weight excluding hydrogens is 274 g/mol. The van der Waals surface area contributed by atoms with E-state index in [9.17, 15) is 19.8 Å². The Balaban J connectivity index is 2.37. The Morgan fingerprint density at radius 2 is 2.00 bits per heavy atom. The highest BCUT2D eigenvalue weighted by molar-refractivity contribution is 5.83. The van der Waals surface area contributed by atoms with Crippen LogP contribution in [0, 0.1) is 0 Å². The van der Waals surface area contributed by atoms with E-state index in [2.05, 4.69) is 0 Å². The van der Waals surface area contributed by atoms with Gasteiger partial charge < -0.3 is 14.9 Å². The summed E-state index contributed by atoms with van der Waals surface area (Å²) in [5.41, 5.74) is 0.309. The number of aromatic hydroxyl groups is 1. The van der Waals surface area contributed by atoms with Crippen molar-refractivity contribution in [1.29, 1.82) is 0 Å². The molecule has 0 spiro atoms. The van der Waals surface area contributed by atoms with Crippen LogP contribution >= 0.6 is 0 Å². The number of rotatable bonds is 1. The third kappa shape index (κ3) is 3.09. The number of hydrogen-bond donors (Lipinski definition) is 2. The summed E-state index contributed by atoms with van der Waals surface area (Å²) in [6.07, 6.45) is -0.269. The molecule has 0 saturated heterocycles. The fraction of sp³-hybridized carbons (Fsp3) is 0.467. The lowest BCUT2D eigenvalue weighted by Crippen LogP contribution is -2.45. The van der Waals surface area contributed by atoms with Gasteiger partial charge in [0, 0.05) is 12.1 Å². The number of amides is 1. The molecule has 6 nitrogen and oxygen atoms in total. The lowest BCUT2D eigenvalue weighted by atomic mass is 9.92. The second-order valence-electron chi connectivity index (χ2n) is 6.01. The maximum Gasteiger partial charge on any atom is 0.411 e. The van der Waals surface area contributed by atoms with Gasteiger partial charge in [-0.15, -0.1) is 0 Å². The first-order chi connectivity index (χ1) is 9.70. The van der Waals surface area contributed by atoms with Crippen molar-refractivity contribution in [3.05, 3.63) is 29.3 Å². The van der Waals surface area contributed by atoms with Gasteiger partial charge >= 0.3 is 12.1 Å². The van der Waals surface area contributed by atoms with Crippen LogP contribution in [0.1, 0.15) is 37.9 Å². The standard InChI is InChI=1S/C15H19NO5/c1-15(2,3)21-14(20)16-8-7-9-10(12(16)13(18)19)5-4-6-11(9)17/h4-6,12,17H,7-8H2,1-3H3,(H,18,19). The average Bonchev–Trinajstić information content (AvgIpc) is 2.35. The highest BCUT2D eigenvalue weighted by Gasteiger charge is 2.38. The van der Waals surface area contributed by atoms with E-state index in [1.807, 2.05) is 0 Å². The summed E-state index contributed by atoms with van der Waals surface area (Å²) in [5, 5.41) is 19.3. The van der Waals surface area contributed by atoms with Crippen molar-refractivity contribution in [2.45, 2.75) is 38.8 Å². The fourth-order valence-electron chi connectivity index (χ4n) is 2.43. The van der Waals surface area contributed by atoms with Gasteiger partial charge in [0.05, 0.1) is 0 Å². The number of carboxylic acids is 1. The predicted octanol–water partition coefficient (Wildman–Crippen LogP) is 2.31. The molecule has 0 fully saturated rings. The van der Waals surface area contributed by atoms with Crippen molar-refractivity contribution in [2.24, 2.45) is 0 Å². The van der Waals surface area contributed by atoms with Crippen molar-refractivity contribution < 1.29 is 24.5 Å². The van der Waals surface area contributed by atoms with Gasteiger partial charge in [-0.3, -0.25) is 4.90 Å². The molecular formula is C15H19NO5. The van der Waals surface area contributed by atoms with Crippen molar-refractivity contribution in [2.75, 3.05) is 6.54 Å². The van der Waals surface area contributed by atoms with Gasteiger partial charge in [0.1, 0.15) is 11.4 Å². The topological polar surface area (TPSA) is 87.1 Å². The number of aliphatic carboxylic acids is 1. The first-order valence-electron chi connectivity index (χ1n) is 6.74. The molecule has 1 aromatic rings. The Morgan fingerprint density at radius 3 is 2.57 bits per heavy atom. The quantitative estimate of drug-likeness (QED) is 0.829. The van der Waals surface area contributed by atoms with E-state index >= 15 is 0 Å². The van der Waals surface area contributed by atoms with Crippen molar-refractivity contribution in [3.8, 4) is 5.75 Å². The van der Waals surface area contributed by atoms with E-state index in [1.54, 1.807) is 32.9 Å². The Kier molecular flexibility index (Phi) is 3.80. The van der Waals surface area contributed by atoms with E-state index in [0.29, 0.717) is 17.5 Å². The SMILES string of the molecule is CC(C)(C)OC(=O)N1CCc2c(O)cccc2C1C(=O)O. The molecule has 114 valence electrons. The molecule has 1 aliphatic rings. The molecule has 1 unspecified atom stereocenters. The van der Waals surface area contributed by atoms with Crippen LogP contribution in [-0.4, -0.2) is 39.3 Å². The predicted molar refractivity (Wildman–Crippen MR) is 75.1 cm³/mol. The average molecular weight is 293 g/mol. The number of carbonyl (C=O) groups excluding carboxylic acids is 1. The molecule has 1 atom stereocenters. The number of phenolic OH excluding ortho intramolecular Hbond substituents is 1. The molecule has 0 bridgehead atoms. The molecule has 1 heterocycles. The number of phenols is 1. The number of carboxylic acid groups (broad SMARTS) is 1. The van der Waals surface area contributed by atoms with Gasteiger partial charge in [0.15, 0.2) is 6.04 Å². The molecule has 6 heteroatoms. The van der Waals surface area contributed by atoms with E-state index in [4.69, 9.17) is 4.74 Å². The second-order valence-corrected chi connectivity index (χ2v) is 6.01. The lowest BCUT2D eigenvalue weighted by Gasteiger charge is -2.35. The van der Waals surface area contributed by atoms with Gasteiger partial charge in [0.25, 0.3) is 0 Å². The largest absolute Gasteiger partial charge is 0.508 e. The zero-order valence-electron chi connectivity index (χ0n) is 12.3. The number of ether oxygens (including phenoxy) is 1. The van der Waals surface area contributed by atoms with E-state index in [1.165, 1.54) is 11.0 Å². The third-order valence-electron chi connectivity index (χ3n) is 3.26. The summed E-state index contributed by atoms with van der Waals surface area (Å²) >= 11 is 0. The summed E-state index contributed by atoms with van der Waals surface area (Å²) < 4.78 is 5.26. The minimum Gasteiger partial charge on any atom is -0.508 e. The Morgan fingerprint density at radius 1 is 1.33 bits per heavy atom. The molecule has 2 rings (SSSR count). The molecule has 0 radical (unpaired) electrons. The van der Waals surface area contributed by atoms with Crippen molar-refractivity contribution >= 4 is 12.1 Å². The number of benzene rings is 1. The molecule has 0 aliphatic carbocycles. The summed E-state index contributed by atoms with van der Waals surface area (Å²) in [4.78, 5) is 25.0. The lowest BCUT2D eigenvalue weighted by molar-refractivity contribution is -0.143. The van der Waals surface area contributed by atoms with Crippen molar-refractivity contribution in [3.63, 3.8) is 0 Å². The summed E-state index contributed by atoms with van der Waals surface area (Å²) in [7, 11) is 0. The summed E-state index contributed by atoms with van der Waals surface area (Å²) in [6, 6.07) is 3.56. The number of carbonyl (C=O) groups is 2. The Bertz CT molecular complexity index is 576. The zero-order chi connectivity index (χ0) is 15.8. The van der Waals surface area contributed by atoms with Gasteiger partial charge in [-0.25, -0.2) is 9.59 Å². The van der Waals surface area contributed by atoms with E-state index < -0.39 is 23.7 Å². The highest BCUT2D eigenvalue weighted by atomic mass is 16.6.